The van der Waals surface area contributed by atoms with E-state index in [0.29, 0.717) is 18.9 Å². The quantitative estimate of drug-likeness (QED) is 0.916. The fourth-order valence-corrected chi connectivity index (χ4v) is 3.99. The van der Waals surface area contributed by atoms with E-state index < -0.39 is 15.9 Å². The van der Waals surface area contributed by atoms with Crippen LogP contribution in [0.5, 0.6) is 0 Å². The number of hydrogen-bond donors (Lipinski definition) is 1. The number of carbonyl (C=O) groups excluding carboxylic acids is 1. The summed E-state index contributed by atoms with van der Waals surface area (Å²) >= 11 is 0. The van der Waals surface area contributed by atoms with Crippen LogP contribution in [0.15, 0.2) is 47.8 Å². The minimum atomic E-state index is -3.54. The molecule has 0 radical (unpaired) electrons. The number of hydrogen-bond acceptors (Lipinski definition) is 5. The van der Waals surface area contributed by atoms with Crippen molar-refractivity contribution in [1.29, 1.82) is 0 Å². The van der Waals surface area contributed by atoms with Crippen molar-refractivity contribution >= 4 is 21.7 Å². The molecule has 1 aliphatic heterocycles. The highest BCUT2D eigenvalue weighted by Gasteiger charge is 2.27. The van der Waals surface area contributed by atoms with Gasteiger partial charge < -0.3 is 5.32 Å². The molecular formula is C15H16N4O3S. The SMILES string of the molecule is O=C(Nc1cnccn1)c1cccc(S(=O)(=O)N2CCCC2)c1. The fraction of sp³-hybridized carbons (Fsp3) is 0.267. The lowest BCUT2D eigenvalue weighted by Gasteiger charge is -2.15. The minimum Gasteiger partial charge on any atom is -0.305 e. The minimum absolute atomic E-state index is 0.131. The zero-order chi connectivity index (χ0) is 16.3. The number of aromatic nitrogens is 2. The highest BCUT2D eigenvalue weighted by Crippen LogP contribution is 2.21. The van der Waals surface area contributed by atoms with Crippen molar-refractivity contribution in [2.45, 2.75) is 17.7 Å². The molecule has 120 valence electrons. The zero-order valence-electron chi connectivity index (χ0n) is 12.3. The van der Waals surface area contributed by atoms with Crippen molar-refractivity contribution in [3.05, 3.63) is 48.4 Å². The molecule has 23 heavy (non-hydrogen) atoms. The van der Waals surface area contributed by atoms with E-state index in [0.717, 1.165) is 12.8 Å². The number of anilines is 1. The Balaban J connectivity index is 1.83. The van der Waals surface area contributed by atoms with Crippen LogP contribution in [0.1, 0.15) is 23.2 Å². The van der Waals surface area contributed by atoms with Crippen molar-refractivity contribution < 1.29 is 13.2 Å². The van der Waals surface area contributed by atoms with Gasteiger partial charge in [-0.1, -0.05) is 6.07 Å². The molecule has 0 aliphatic carbocycles. The van der Waals surface area contributed by atoms with Crippen molar-refractivity contribution in [3.8, 4) is 0 Å². The molecule has 1 aliphatic rings. The van der Waals surface area contributed by atoms with Crippen LogP contribution in [0.4, 0.5) is 5.82 Å². The highest BCUT2D eigenvalue weighted by atomic mass is 32.2. The molecule has 0 atom stereocenters. The molecule has 0 bridgehead atoms. The summed E-state index contributed by atoms with van der Waals surface area (Å²) in [4.78, 5) is 20.2. The summed E-state index contributed by atoms with van der Waals surface area (Å²) in [5.41, 5.74) is 0.260. The number of carbonyl (C=O) groups is 1. The van der Waals surface area contributed by atoms with Gasteiger partial charge in [-0.3, -0.25) is 9.78 Å². The van der Waals surface area contributed by atoms with E-state index in [9.17, 15) is 13.2 Å². The largest absolute Gasteiger partial charge is 0.305 e. The lowest BCUT2D eigenvalue weighted by atomic mass is 10.2. The van der Waals surface area contributed by atoms with E-state index in [4.69, 9.17) is 0 Å². The predicted molar refractivity (Wildman–Crippen MR) is 84.4 cm³/mol. The van der Waals surface area contributed by atoms with E-state index in [2.05, 4.69) is 15.3 Å². The van der Waals surface area contributed by atoms with Crippen LogP contribution in [-0.2, 0) is 10.0 Å². The lowest BCUT2D eigenvalue weighted by Crippen LogP contribution is -2.28. The molecule has 0 saturated carbocycles. The second-order valence-corrected chi connectivity index (χ2v) is 7.12. The molecule has 0 unspecified atom stereocenters. The summed E-state index contributed by atoms with van der Waals surface area (Å²) in [5, 5.41) is 2.59. The molecule has 3 rings (SSSR count). The number of benzene rings is 1. The Morgan fingerprint density at radius 3 is 2.65 bits per heavy atom. The van der Waals surface area contributed by atoms with Gasteiger partial charge in [0.15, 0.2) is 5.82 Å². The fourth-order valence-electron chi connectivity index (χ4n) is 2.43. The molecule has 1 aromatic carbocycles. The van der Waals surface area contributed by atoms with E-state index in [1.54, 1.807) is 12.1 Å². The Morgan fingerprint density at radius 1 is 1.17 bits per heavy atom. The Morgan fingerprint density at radius 2 is 1.96 bits per heavy atom. The molecule has 1 N–H and O–H groups in total. The zero-order valence-corrected chi connectivity index (χ0v) is 13.2. The Bertz CT molecular complexity index is 802. The molecular weight excluding hydrogens is 316 g/mol. The Kier molecular flexibility index (Phi) is 4.35. The third kappa shape index (κ3) is 3.38. The van der Waals surface area contributed by atoms with Crippen LogP contribution < -0.4 is 5.32 Å². The average Bonchev–Trinajstić information content (AvgIpc) is 3.11. The molecule has 7 nitrogen and oxygen atoms in total. The molecule has 2 heterocycles. The van der Waals surface area contributed by atoms with Gasteiger partial charge in [0.1, 0.15) is 0 Å². The standard InChI is InChI=1S/C15H16N4O3S/c20-15(18-14-11-16-6-7-17-14)12-4-3-5-13(10-12)23(21,22)19-8-1-2-9-19/h3-7,10-11H,1-2,8-9H2,(H,17,18,20). The van der Waals surface area contributed by atoms with Crippen molar-refractivity contribution in [3.63, 3.8) is 0 Å². The molecule has 1 saturated heterocycles. The summed E-state index contributed by atoms with van der Waals surface area (Å²) in [7, 11) is -3.54. The number of rotatable bonds is 4. The van der Waals surface area contributed by atoms with E-state index >= 15 is 0 Å². The maximum atomic E-state index is 12.5. The average molecular weight is 332 g/mol. The van der Waals surface area contributed by atoms with Crippen molar-refractivity contribution in [1.82, 2.24) is 14.3 Å². The van der Waals surface area contributed by atoms with Crippen LogP contribution in [0.3, 0.4) is 0 Å². The second-order valence-electron chi connectivity index (χ2n) is 5.18. The third-order valence-corrected chi connectivity index (χ3v) is 5.50. The van der Waals surface area contributed by atoms with Crippen LogP contribution in [0.25, 0.3) is 0 Å². The van der Waals surface area contributed by atoms with Gasteiger partial charge in [0.2, 0.25) is 10.0 Å². The Hall–Kier alpha value is -2.32. The van der Waals surface area contributed by atoms with Gasteiger partial charge in [-0.05, 0) is 31.0 Å². The second kappa shape index (κ2) is 6.43. The molecule has 0 spiro atoms. The number of nitrogens with one attached hydrogen (secondary N) is 1. The molecule has 1 fully saturated rings. The monoisotopic (exact) mass is 332 g/mol. The summed E-state index contributed by atoms with van der Waals surface area (Å²) in [6.07, 6.45) is 6.11. The summed E-state index contributed by atoms with van der Waals surface area (Å²) in [5.74, 6) is -0.116. The first-order valence-corrected chi connectivity index (χ1v) is 8.69. The highest BCUT2D eigenvalue weighted by molar-refractivity contribution is 7.89. The normalized spacial score (nSPS) is 15.5. The topological polar surface area (TPSA) is 92.3 Å². The van der Waals surface area contributed by atoms with Gasteiger partial charge in [0.05, 0.1) is 11.1 Å². The van der Waals surface area contributed by atoms with E-state index in [1.807, 2.05) is 0 Å². The van der Waals surface area contributed by atoms with Crippen LogP contribution >= 0.6 is 0 Å². The maximum Gasteiger partial charge on any atom is 0.256 e. The maximum absolute atomic E-state index is 12.5. The predicted octanol–water partition coefficient (Wildman–Crippen LogP) is 1.51. The number of nitrogens with zero attached hydrogens (tertiary/aromatic N) is 3. The Labute approximate surface area is 134 Å². The van der Waals surface area contributed by atoms with Crippen LogP contribution in [0.2, 0.25) is 0 Å². The van der Waals surface area contributed by atoms with E-state index in [1.165, 1.54) is 35.0 Å². The first kappa shape index (κ1) is 15.6. The summed E-state index contributed by atoms with van der Waals surface area (Å²) in [6, 6.07) is 6.02. The van der Waals surface area contributed by atoms with Crippen LogP contribution in [0, 0.1) is 0 Å². The first-order valence-electron chi connectivity index (χ1n) is 7.25. The van der Waals surface area contributed by atoms with Gasteiger partial charge in [-0.2, -0.15) is 4.31 Å². The van der Waals surface area contributed by atoms with Gasteiger partial charge >= 0.3 is 0 Å². The summed E-state index contributed by atoms with van der Waals surface area (Å²) in [6.45, 7) is 1.05. The number of amides is 1. The van der Waals surface area contributed by atoms with E-state index in [-0.39, 0.29) is 10.5 Å². The van der Waals surface area contributed by atoms with Crippen LogP contribution in [-0.4, -0.2) is 41.7 Å². The molecule has 1 aromatic heterocycles. The molecule has 2 aromatic rings. The van der Waals surface area contributed by atoms with Gasteiger partial charge in [0.25, 0.3) is 5.91 Å². The molecule has 1 amide bonds. The van der Waals surface area contributed by atoms with Crippen molar-refractivity contribution in [2.24, 2.45) is 0 Å². The number of sulfonamides is 1. The van der Waals surface area contributed by atoms with Crippen molar-refractivity contribution in [2.75, 3.05) is 18.4 Å². The molecule has 8 heteroatoms. The van der Waals surface area contributed by atoms with Gasteiger partial charge in [0, 0.05) is 31.0 Å². The smallest absolute Gasteiger partial charge is 0.256 e. The lowest BCUT2D eigenvalue weighted by molar-refractivity contribution is 0.102. The van der Waals surface area contributed by atoms with Gasteiger partial charge in [-0.15, -0.1) is 0 Å². The van der Waals surface area contributed by atoms with Gasteiger partial charge in [-0.25, -0.2) is 13.4 Å². The summed E-state index contributed by atoms with van der Waals surface area (Å²) < 4.78 is 26.5. The first-order chi connectivity index (χ1) is 11.1. The third-order valence-electron chi connectivity index (χ3n) is 3.60.